The molecule has 1 aliphatic heterocycles. The molecule has 0 radical (unpaired) electrons. The fraction of sp³-hybridized carbons (Fsp3) is 0.500. The monoisotopic (exact) mass is 154 g/mol. The third-order valence-electron chi connectivity index (χ3n) is 2.01. The van der Waals surface area contributed by atoms with Crippen LogP contribution in [0.4, 0.5) is 0 Å². The molecule has 0 N–H and O–H groups in total. The summed E-state index contributed by atoms with van der Waals surface area (Å²) in [4.78, 5) is 2.87. The minimum atomic E-state index is 0.839. The van der Waals surface area contributed by atoms with Gasteiger partial charge in [0.05, 0.1) is 13.2 Å². The van der Waals surface area contributed by atoms with Crippen LogP contribution in [0.3, 0.4) is 0 Å². The van der Waals surface area contributed by atoms with E-state index in [-0.39, 0.29) is 0 Å². The number of aryl methyl sites for hydroxylation is 2. The van der Waals surface area contributed by atoms with Gasteiger partial charge in [-0.25, -0.2) is 0 Å². The van der Waals surface area contributed by atoms with Gasteiger partial charge in [0.2, 0.25) is 0 Å². The Morgan fingerprint density at radius 3 is 2.10 bits per heavy atom. The molecule has 0 atom stereocenters. The number of hydrogen-bond acceptors (Lipinski definition) is 2. The molecule has 0 fully saturated rings. The maximum atomic E-state index is 5.32. The van der Waals surface area contributed by atoms with Crippen LogP contribution in [-0.2, 0) is 18.0 Å². The summed E-state index contributed by atoms with van der Waals surface area (Å²) in [6.45, 7) is 6.02. The van der Waals surface area contributed by atoms with Crippen LogP contribution in [-0.4, -0.2) is 0 Å². The summed E-state index contributed by atoms with van der Waals surface area (Å²) < 4.78 is 5.32. The van der Waals surface area contributed by atoms with E-state index >= 15 is 0 Å². The first-order chi connectivity index (χ1) is 4.79. The quantitative estimate of drug-likeness (QED) is 0.557. The molecule has 0 aliphatic carbocycles. The zero-order valence-electron chi connectivity index (χ0n) is 6.23. The molecule has 54 valence electrons. The standard InChI is InChI=1S/C8H10OS/c1-5-7-3-9-4-8(7)6(2)10-5/h3-4H2,1-2H3. The highest BCUT2D eigenvalue weighted by atomic mass is 32.1. The molecule has 0 saturated carbocycles. The first-order valence-corrected chi connectivity index (χ1v) is 4.26. The Balaban J connectivity index is 2.61. The smallest absolute Gasteiger partial charge is 0.0735 e. The number of hydrogen-bond donors (Lipinski definition) is 0. The van der Waals surface area contributed by atoms with Gasteiger partial charge in [0.15, 0.2) is 0 Å². The molecule has 1 aromatic rings. The Morgan fingerprint density at radius 2 is 1.60 bits per heavy atom. The maximum absolute atomic E-state index is 5.32. The van der Waals surface area contributed by atoms with Crippen molar-refractivity contribution in [3.63, 3.8) is 0 Å². The summed E-state index contributed by atoms with van der Waals surface area (Å²) >= 11 is 1.89. The molecule has 0 unspecified atom stereocenters. The van der Waals surface area contributed by atoms with E-state index in [1.807, 2.05) is 11.3 Å². The highest BCUT2D eigenvalue weighted by Crippen LogP contribution is 2.32. The van der Waals surface area contributed by atoms with Crippen LogP contribution in [0, 0.1) is 13.8 Å². The summed E-state index contributed by atoms with van der Waals surface area (Å²) in [6.07, 6.45) is 0. The Bertz CT molecular complexity index is 238. The van der Waals surface area contributed by atoms with Crippen molar-refractivity contribution in [1.29, 1.82) is 0 Å². The van der Waals surface area contributed by atoms with Crippen LogP contribution in [0.2, 0.25) is 0 Å². The number of thiophene rings is 1. The summed E-state index contributed by atoms with van der Waals surface area (Å²) in [6, 6.07) is 0. The van der Waals surface area contributed by atoms with Crippen LogP contribution >= 0.6 is 11.3 Å². The van der Waals surface area contributed by atoms with Crippen molar-refractivity contribution < 1.29 is 4.74 Å². The first kappa shape index (κ1) is 6.38. The Hall–Kier alpha value is -0.340. The lowest BCUT2D eigenvalue weighted by Crippen LogP contribution is -1.76. The van der Waals surface area contributed by atoms with E-state index in [1.165, 1.54) is 20.9 Å². The summed E-state index contributed by atoms with van der Waals surface area (Å²) in [7, 11) is 0. The van der Waals surface area contributed by atoms with Gasteiger partial charge in [-0.15, -0.1) is 11.3 Å². The molecular weight excluding hydrogens is 144 g/mol. The zero-order valence-corrected chi connectivity index (χ0v) is 7.05. The molecule has 2 heteroatoms. The SMILES string of the molecule is Cc1sc(C)c2c1COC2. The molecule has 0 spiro atoms. The van der Waals surface area contributed by atoms with Gasteiger partial charge in [0.25, 0.3) is 0 Å². The van der Waals surface area contributed by atoms with Crippen molar-refractivity contribution in [2.45, 2.75) is 27.1 Å². The highest BCUT2D eigenvalue weighted by Gasteiger charge is 2.17. The molecule has 2 rings (SSSR count). The van der Waals surface area contributed by atoms with Crippen LogP contribution < -0.4 is 0 Å². The van der Waals surface area contributed by atoms with Crippen molar-refractivity contribution >= 4 is 11.3 Å². The molecule has 1 aliphatic rings. The summed E-state index contributed by atoms with van der Waals surface area (Å²) in [5.41, 5.74) is 2.89. The van der Waals surface area contributed by atoms with E-state index in [4.69, 9.17) is 4.74 Å². The second kappa shape index (κ2) is 2.07. The second-order valence-electron chi connectivity index (χ2n) is 2.66. The molecule has 1 nitrogen and oxygen atoms in total. The van der Waals surface area contributed by atoms with Gasteiger partial charge < -0.3 is 4.74 Å². The van der Waals surface area contributed by atoms with E-state index in [1.54, 1.807) is 0 Å². The van der Waals surface area contributed by atoms with E-state index in [0.29, 0.717) is 0 Å². The first-order valence-electron chi connectivity index (χ1n) is 3.44. The predicted molar refractivity (Wildman–Crippen MR) is 42.3 cm³/mol. The van der Waals surface area contributed by atoms with Gasteiger partial charge in [0, 0.05) is 9.75 Å². The summed E-state index contributed by atoms with van der Waals surface area (Å²) in [5.74, 6) is 0. The van der Waals surface area contributed by atoms with Gasteiger partial charge in [-0.1, -0.05) is 0 Å². The number of ether oxygens (including phenoxy) is 1. The lowest BCUT2D eigenvalue weighted by Gasteiger charge is -1.88. The van der Waals surface area contributed by atoms with Crippen molar-refractivity contribution in [2.24, 2.45) is 0 Å². The molecule has 2 heterocycles. The van der Waals surface area contributed by atoms with Gasteiger partial charge in [-0.3, -0.25) is 0 Å². The van der Waals surface area contributed by atoms with Crippen molar-refractivity contribution in [1.82, 2.24) is 0 Å². The highest BCUT2D eigenvalue weighted by molar-refractivity contribution is 7.12. The number of rotatable bonds is 0. The van der Waals surface area contributed by atoms with Crippen LogP contribution in [0.5, 0.6) is 0 Å². The number of fused-ring (bicyclic) bond motifs is 1. The average Bonchev–Trinajstić information content (AvgIpc) is 2.39. The zero-order chi connectivity index (χ0) is 7.14. The van der Waals surface area contributed by atoms with Crippen LogP contribution in [0.25, 0.3) is 0 Å². The fourth-order valence-electron chi connectivity index (χ4n) is 1.41. The van der Waals surface area contributed by atoms with Gasteiger partial charge >= 0.3 is 0 Å². The van der Waals surface area contributed by atoms with Crippen LogP contribution in [0.1, 0.15) is 20.9 Å². The van der Waals surface area contributed by atoms with Gasteiger partial charge in [-0.2, -0.15) is 0 Å². The minimum Gasteiger partial charge on any atom is -0.372 e. The third-order valence-corrected chi connectivity index (χ3v) is 3.12. The average molecular weight is 154 g/mol. The van der Waals surface area contributed by atoms with Crippen molar-refractivity contribution in [2.75, 3.05) is 0 Å². The predicted octanol–water partition coefficient (Wildman–Crippen LogP) is 2.40. The molecular formula is C8H10OS. The van der Waals surface area contributed by atoms with Crippen LogP contribution in [0.15, 0.2) is 0 Å². The Kier molecular flexibility index (Phi) is 1.32. The fourth-order valence-corrected chi connectivity index (χ4v) is 2.48. The second-order valence-corrected chi connectivity index (χ2v) is 4.09. The maximum Gasteiger partial charge on any atom is 0.0735 e. The lowest BCUT2D eigenvalue weighted by atomic mass is 10.2. The van der Waals surface area contributed by atoms with E-state index in [2.05, 4.69) is 13.8 Å². The summed E-state index contributed by atoms with van der Waals surface area (Å²) in [5, 5.41) is 0. The van der Waals surface area contributed by atoms with Gasteiger partial charge in [-0.05, 0) is 25.0 Å². The molecule has 0 aromatic carbocycles. The normalized spacial score (nSPS) is 15.8. The molecule has 0 saturated heterocycles. The molecule has 0 bridgehead atoms. The van der Waals surface area contributed by atoms with E-state index in [0.717, 1.165) is 13.2 Å². The molecule has 0 amide bonds. The third kappa shape index (κ3) is 0.724. The largest absolute Gasteiger partial charge is 0.372 e. The lowest BCUT2D eigenvalue weighted by molar-refractivity contribution is 0.134. The molecule has 10 heavy (non-hydrogen) atoms. The Labute approximate surface area is 64.6 Å². The van der Waals surface area contributed by atoms with E-state index < -0.39 is 0 Å². The van der Waals surface area contributed by atoms with Gasteiger partial charge in [0.1, 0.15) is 0 Å². The van der Waals surface area contributed by atoms with E-state index in [9.17, 15) is 0 Å². The van der Waals surface area contributed by atoms with Crippen molar-refractivity contribution in [3.8, 4) is 0 Å². The topological polar surface area (TPSA) is 9.23 Å². The Morgan fingerprint density at radius 1 is 1.10 bits per heavy atom. The molecule has 1 aromatic heterocycles. The minimum absolute atomic E-state index is 0.839. The van der Waals surface area contributed by atoms with Crippen molar-refractivity contribution in [3.05, 3.63) is 20.9 Å².